The summed E-state index contributed by atoms with van der Waals surface area (Å²) in [7, 11) is 0. The van der Waals surface area contributed by atoms with E-state index in [-0.39, 0.29) is 17.3 Å². The van der Waals surface area contributed by atoms with Gasteiger partial charge < -0.3 is 10.6 Å². The summed E-state index contributed by atoms with van der Waals surface area (Å²) in [6, 6.07) is 1.41. The Hall–Kier alpha value is -2.65. The summed E-state index contributed by atoms with van der Waals surface area (Å²) in [6.07, 6.45) is 8.23. The Bertz CT molecular complexity index is 693. The number of Topliss-reactive ketones (excluding diaryl/α,β-unsaturated/α-hetero) is 1. The number of thiophene rings is 1. The maximum atomic E-state index is 12.1. The molecule has 1 heterocycles. The third-order valence-corrected chi connectivity index (χ3v) is 3.78. The van der Waals surface area contributed by atoms with Crippen LogP contribution in [0.5, 0.6) is 0 Å². The molecule has 0 fully saturated rings. The maximum absolute atomic E-state index is 12.1. The van der Waals surface area contributed by atoms with Crippen LogP contribution in [0.25, 0.3) is 0 Å². The van der Waals surface area contributed by atoms with Gasteiger partial charge in [-0.2, -0.15) is 0 Å². The molecule has 0 saturated carbocycles. The van der Waals surface area contributed by atoms with Gasteiger partial charge in [-0.3, -0.25) is 14.4 Å². The van der Waals surface area contributed by atoms with Gasteiger partial charge in [-0.25, -0.2) is 0 Å². The molecule has 1 rings (SSSR count). The molecule has 114 valence electrons. The molecule has 6 heteroatoms. The lowest BCUT2D eigenvalue weighted by Crippen LogP contribution is -2.30. The molecule has 0 spiro atoms. The summed E-state index contributed by atoms with van der Waals surface area (Å²) in [5.74, 6) is 0.361. The van der Waals surface area contributed by atoms with E-state index in [1.807, 2.05) is 0 Å². The number of aryl methyl sites for hydroxylation is 1. The van der Waals surface area contributed by atoms with Crippen LogP contribution in [0.1, 0.15) is 31.8 Å². The van der Waals surface area contributed by atoms with Crippen LogP contribution in [0.4, 0.5) is 0 Å². The van der Waals surface area contributed by atoms with E-state index in [1.54, 1.807) is 19.9 Å². The molecule has 0 saturated heterocycles. The summed E-state index contributed by atoms with van der Waals surface area (Å²) in [4.78, 5) is 36.5. The monoisotopic (exact) mass is 316 g/mol. The molecule has 0 aliphatic rings. The number of hydrogen-bond donors (Lipinski definition) is 2. The molecule has 0 aromatic carbocycles. The van der Waals surface area contributed by atoms with Crippen LogP contribution in [-0.4, -0.2) is 24.1 Å². The van der Waals surface area contributed by atoms with Crippen LogP contribution in [0.2, 0.25) is 0 Å². The Morgan fingerprint density at radius 3 is 2.68 bits per heavy atom. The van der Waals surface area contributed by atoms with E-state index >= 15 is 0 Å². The number of allylic oxidation sites excluding steroid dienone is 2. The van der Waals surface area contributed by atoms with Crippen LogP contribution in [0.15, 0.2) is 30.5 Å². The fourth-order valence-electron chi connectivity index (χ4n) is 1.58. The van der Waals surface area contributed by atoms with E-state index in [9.17, 15) is 14.4 Å². The third kappa shape index (κ3) is 4.17. The average molecular weight is 316 g/mol. The van der Waals surface area contributed by atoms with E-state index in [1.165, 1.54) is 12.1 Å². The van der Waals surface area contributed by atoms with Crippen LogP contribution in [0.3, 0.4) is 0 Å². The largest absolute Gasteiger partial charge is 0.338 e. The number of carbonyl (C=O) groups excluding carboxylic acids is 3. The Kier molecular flexibility index (Phi) is 6.29. The van der Waals surface area contributed by atoms with Crippen molar-refractivity contribution in [3.8, 4) is 12.3 Å². The van der Waals surface area contributed by atoms with Crippen LogP contribution in [0, 0.1) is 19.3 Å². The molecule has 5 nitrogen and oxygen atoms in total. The predicted octanol–water partition coefficient (Wildman–Crippen LogP) is 1.81. The second kappa shape index (κ2) is 7.96. The zero-order chi connectivity index (χ0) is 16.7. The minimum Gasteiger partial charge on any atom is -0.338 e. The summed E-state index contributed by atoms with van der Waals surface area (Å²) in [5.41, 5.74) is 0.912. The predicted molar refractivity (Wildman–Crippen MR) is 86.6 cm³/mol. The highest BCUT2D eigenvalue weighted by molar-refractivity contribution is 7.15. The Morgan fingerprint density at radius 1 is 1.45 bits per heavy atom. The van der Waals surface area contributed by atoms with Gasteiger partial charge in [0.2, 0.25) is 0 Å². The highest BCUT2D eigenvalue weighted by atomic mass is 32.1. The number of terminal acetylenes is 1. The SMILES string of the molecule is C#CCNC(=O)C(=O)c1cc(C(=O)N/C(C=C)=C/C)c(C)s1. The molecule has 0 radical (unpaired) electrons. The quantitative estimate of drug-likeness (QED) is 0.364. The summed E-state index contributed by atoms with van der Waals surface area (Å²) < 4.78 is 0. The number of nitrogens with one attached hydrogen (secondary N) is 2. The molecule has 1 aromatic rings. The lowest BCUT2D eigenvalue weighted by atomic mass is 10.2. The normalized spacial score (nSPS) is 10.5. The number of amides is 2. The van der Waals surface area contributed by atoms with Gasteiger partial charge in [-0.15, -0.1) is 17.8 Å². The van der Waals surface area contributed by atoms with Crippen LogP contribution in [-0.2, 0) is 4.79 Å². The van der Waals surface area contributed by atoms with Gasteiger partial charge in [0, 0.05) is 10.6 Å². The molecule has 0 unspecified atom stereocenters. The Morgan fingerprint density at radius 2 is 2.14 bits per heavy atom. The van der Waals surface area contributed by atoms with Gasteiger partial charge in [0.1, 0.15) is 0 Å². The van der Waals surface area contributed by atoms with E-state index in [4.69, 9.17) is 6.42 Å². The standard InChI is InChI=1S/C16H16N2O3S/c1-5-8-17-16(21)14(19)13-9-12(10(4)22-13)15(20)18-11(6-2)7-3/h1,6-7,9H,2,8H2,3-4H3,(H,17,21)(H,18,20)/b11-7+. The van der Waals surface area contributed by atoms with Crippen LogP contribution < -0.4 is 10.6 Å². The number of carbonyl (C=O) groups is 3. The lowest BCUT2D eigenvalue weighted by molar-refractivity contribution is -0.116. The summed E-state index contributed by atoms with van der Waals surface area (Å²) in [6.45, 7) is 7.03. The summed E-state index contributed by atoms with van der Waals surface area (Å²) in [5, 5.41) is 4.96. The van der Waals surface area contributed by atoms with Crippen molar-refractivity contribution in [2.45, 2.75) is 13.8 Å². The molecule has 2 amide bonds. The Labute approximate surface area is 133 Å². The van der Waals surface area contributed by atoms with E-state index < -0.39 is 11.7 Å². The minimum atomic E-state index is -0.786. The molecule has 0 bridgehead atoms. The number of rotatable bonds is 6. The molecule has 0 aliphatic carbocycles. The van der Waals surface area contributed by atoms with Crippen molar-refractivity contribution in [3.05, 3.63) is 45.8 Å². The first-order valence-electron chi connectivity index (χ1n) is 6.41. The maximum Gasteiger partial charge on any atom is 0.294 e. The highest BCUT2D eigenvalue weighted by Crippen LogP contribution is 2.22. The molecular weight excluding hydrogens is 300 g/mol. The van der Waals surface area contributed by atoms with Gasteiger partial charge in [-0.05, 0) is 26.0 Å². The van der Waals surface area contributed by atoms with Crippen molar-refractivity contribution in [1.82, 2.24) is 10.6 Å². The minimum absolute atomic E-state index is 0.0216. The number of hydrogen-bond acceptors (Lipinski definition) is 4. The highest BCUT2D eigenvalue weighted by Gasteiger charge is 2.21. The van der Waals surface area contributed by atoms with Crippen molar-refractivity contribution in [2.75, 3.05) is 6.54 Å². The Balaban J connectivity index is 2.94. The van der Waals surface area contributed by atoms with Crippen molar-refractivity contribution in [2.24, 2.45) is 0 Å². The van der Waals surface area contributed by atoms with Gasteiger partial charge in [0.05, 0.1) is 17.0 Å². The van der Waals surface area contributed by atoms with Gasteiger partial charge in [0.25, 0.3) is 17.6 Å². The van der Waals surface area contributed by atoms with Gasteiger partial charge in [-0.1, -0.05) is 18.6 Å². The summed E-state index contributed by atoms with van der Waals surface area (Å²) >= 11 is 1.09. The van der Waals surface area contributed by atoms with Gasteiger partial charge >= 0.3 is 0 Å². The van der Waals surface area contributed by atoms with Crippen molar-refractivity contribution in [1.29, 1.82) is 0 Å². The molecule has 0 atom stereocenters. The van der Waals surface area contributed by atoms with E-state index in [2.05, 4.69) is 23.1 Å². The van der Waals surface area contributed by atoms with Crippen molar-refractivity contribution >= 4 is 28.9 Å². The third-order valence-electron chi connectivity index (χ3n) is 2.73. The first-order chi connectivity index (χ1) is 10.4. The van der Waals surface area contributed by atoms with E-state index in [0.717, 1.165) is 11.3 Å². The fraction of sp³-hybridized carbons (Fsp3) is 0.188. The fourth-order valence-corrected chi connectivity index (χ4v) is 2.54. The zero-order valence-electron chi connectivity index (χ0n) is 12.4. The molecule has 2 N–H and O–H groups in total. The molecule has 22 heavy (non-hydrogen) atoms. The molecule has 1 aromatic heterocycles. The lowest BCUT2D eigenvalue weighted by Gasteiger charge is -2.04. The number of ketones is 1. The van der Waals surface area contributed by atoms with Crippen LogP contribution >= 0.6 is 11.3 Å². The second-order valence-corrected chi connectivity index (χ2v) is 5.46. The first-order valence-corrected chi connectivity index (χ1v) is 7.22. The van der Waals surface area contributed by atoms with E-state index in [0.29, 0.717) is 16.1 Å². The average Bonchev–Trinajstić information content (AvgIpc) is 2.91. The van der Waals surface area contributed by atoms with Crippen molar-refractivity contribution < 1.29 is 14.4 Å². The molecule has 0 aliphatic heterocycles. The molecular formula is C16H16N2O3S. The van der Waals surface area contributed by atoms with Gasteiger partial charge in [0.15, 0.2) is 0 Å². The zero-order valence-corrected chi connectivity index (χ0v) is 13.2. The topological polar surface area (TPSA) is 75.3 Å². The first kappa shape index (κ1) is 17.4. The second-order valence-electron chi connectivity index (χ2n) is 4.20. The smallest absolute Gasteiger partial charge is 0.294 e. The van der Waals surface area contributed by atoms with Crippen molar-refractivity contribution in [3.63, 3.8) is 0 Å².